The first-order valence-electron chi connectivity index (χ1n) is 3.86. The Bertz CT molecular complexity index is 504. The lowest BCUT2D eigenvalue weighted by molar-refractivity contribution is 1.12. The standard InChI is InChI=1S/C9H8N4/c1-6-2-3-9-12-5-8(11)13(9)7(6)4-10/h2-3,5H,11H2,1H3. The number of fused-ring (bicyclic) bond motifs is 1. The summed E-state index contributed by atoms with van der Waals surface area (Å²) in [5.41, 5.74) is 7.83. The molecule has 0 aromatic carbocycles. The molecule has 0 radical (unpaired) electrons. The van der Waals surface area contributed by atoms with Gasteiger partial charge < -0.3 is 5.73 Å². The zero-order chi connectivity index (χ0) is 9.42. The van der Waals surface area contributed by atoms with Gasteiger partial charge in [0.2, 0.25) is 0 Å². The maximum atomic E-state index is 8.91. The molecule has 2 rings (SSSR count). The van der Waals surface area contributed by atoms with Crippen molar-refractivity contribution in [1.29, 1.82) is 5.26 Å². The Morgan fingerprint density at radius 3 is 3.00 bits per heavy atom. The average Bonchev–Trinajstić information content (AvgIpc) is 2.49. The zero-order valence-electron chi connectivity index (χ0n) is 7.15. The number of hydrogen-bond acceptors (Lipinski definition) is 3. The Morgan fingerprint density at radius 2 is 2.31 bits per heavy atom. The summed E-state index contributed by atoms with van der Waals surface area (Å²) in [5.74, 6) is 0.496. The van der Waals surface area contributed by atoms with Crippen LogP contribution in [-0.2, 0) is 0 Å². The molecule has 0 amide bonds. The number of aromatic nitrogens is 2. The Labute approximate surface area is 75.2 Å². The smallest absolute Gasteiger partial charge is 0.139 e. The number of nitriles is 1. The van der Waals surface area contributed by atoms with E-state index in [9.17, 15) is 0 Å². The van der Waals surface area contributed by atoms with Gasteiger partial charge >= 0.3 is 0 Å². The normalized spacial score (nSPS) is 10.2. The number of nitrogens with two attached hydrogens (primary N) is 1. The van der Waals surface area contributed by atoms with Gasteiger partial charge in [0.15, 0.2) is 0 Å². The third-order valence-corrected chi connectivity index (χ3v) is 2.00. The summed E-state index contributed by atoms with van der Waals surface area (Å²) in [5, 5.41) is 8.91. The molecule has 0 saturated carbocycles. The molecule has 0 aliphatic carbocycles. The van der Waals surface area contributed by atoms with Crippen LogP contribution in [0, 0.1) is 18.3 Å². The van der Waals surface area contributed by atoms with E-state index in [-0.39, 0.29) is 0 Å². The van der Waals surface area contributed by atoms with Crippen LogP contribution in [0.4, 0.5) is 5.82 Å². The molecule has 0 aliphatic heterocycles. The van der Waals surface area contributed by atoms with Crippen LogP contribution >= 0.6 is 0 Å². The second kappa shape index (κ2) is 2.49. The summed E-state index contributed by atoms with van der Waals surface area (Å²) in [7, 11) is 0. The monoisotopic (exact) mass is 172 g/mol. The van der Waals surface area contributed by atoms with Gasteiger partial charge in [0.05, 0.1) is 6.20 Å². The van der Waals surface area contributed by atoms with E-state index in [0.717, 1.165) is 5.56 Å². The summed E-state index contributed by atoms with van der Waals surface area (Å²) >= 11 is 0. The molecule has 0 atom stereocenters. The second-order valence-electron chi connectivity index (χ2n) is 2.85. The Morgan fingerprint density at radius 1 is 1.54 bits per heavy atom. The quantitative estimate of drug-likeness (QED) is 0.647. The highest BCUT2D eigenvalue weighted by Gasteiger charge is 2.06. The van der Waals surface area contributed by atoms with Crippen molar-refractivity contribution in [3.8, 4) is 6.07 Å². The van der Waals surface area contributed by atoms with Crippen LogP contribution in [-0.4, -0.2) is 9.38 Å². The fourth-order valence-corrected chi connectivity index (χ4v) is 1.33. The molecule has 13 heavy (non-hydrogen) atoms. The minimum absolute atomic E-state index is 0.496. The highest BCUT2D eigenvalue weighted by molar-refractivity contribution is 5.53. The fourth-order valence-electron chi connectivity index (χ4n) is 1.33. The summed E-state index contributed by atoms with van der Waals surface area (Å²) in [6, 6.07) is 5.81. The van der Waals surface area contributed by atoms with Crippen molar-refractivity contribution >= 4 is 11.5 Å². The van der Waals surface area contributed by atoms with Gasteiger partial charge in [-0.3, -0.25) is 4.40 Å². The highest BCUT2D eigenvalue weighted by Crippen LogP contribution is 2.14. The predicted octanol–water partition coefficient (Wildman–Crippen LogP) is 1.10. The number of nitrogen functional groups attached to an aromatic ring is 1. The molecule has 2 heterocycles. The van der Waals surface area contributed by atoms with Gasteiger partial charge in [-0.2, -0.15) is 5.26 Å². The van der Waals surface area contributed by atoms with E-state index >= 15 is 0 Å². The van der Waals surface area contributed by atoms with E-state index in [1.807, 2.05) is 19.1 Å². The first-order valence-corrected chi connectivity index (χ1v) is 3.86. The summed E-state index contributed by atoms with van der Waals surface area (Å²) < 4.78 is 1.65. The van der Waals surface area contributed by atoms with Crippen LogP contribution < -0.4 is 5.73 Å². The molecule has 2 aromatic rings. The van der Waals surface area contributed by atoms with Crippen molar-refractivity contribution in [2.45, 2.75) is 6.92 Å². The molecule has 4 nitrogen and oxygen atoms in total. The van der Waals surface area contributed by atoms with Crippen LogP contribution in [0.1, 0.15) is 11.3 Å². The largest absolute Gasteiger partial charge is 0.383 e. The second-order valence-corrected chi connectivity index (χ2v) is 2.85. The van der Waals surface area contributed by atoms with Crippen molar-refractivity contribution in [2.24, 2.45) is 0 Å². The molecule has 2 aromatic heterocycles. The number of imidazole rings is 1. The Hall–Kier alpha value is -2.02. The van der Waals surface area contributed by atoms with E-state index in [4.69, 9.17) is 11.0 Å². The maximum Gasteiger partial charge on any atom is 0.139 e. The maximum absolute atomic E-state index is 8.91. The van der Waals surface area contributed by atoms with Crippen LogP contribution in [0.2, 0.25) is 0 Å². The minimum Gasteiger partial charge on any atom is -0.383 e. The SMILES string of the molecule is Cc1ccc2ncc(N)n2c1C#N. The van der Waals surface area contributed by atoms with Crippen molar-refractivity contribution < 1.29 is 0 Å². The lowest BCUT2D eigenvalue weighted by Gasteiger charge is -2.01. The fraction of sp³-hybridized carbons (Fsp3) is 0.111. The summed E-state index contributed by atoms with van der Waals surface area (Å²) in [6.45, 7) is 1.87. The number of pyridine rings is 1. The topological polar surface area (TPSA) is 67.1 Å². The zero-order valence-corrected chi connectivity index (χ0v) is 7.15. The highest BCUT2D eigenvalue weighted by atomic mass is 15.1. The molecular formula is C9H8N4. The van der Waals surface area contributed by atoms with Crippen molar-refractivity contribution in [3.63, 3.8) is 0 Å². The van der Waals surface area contributed by atoms with E-state index in [1.54, 1.807) is 10.6 Å². The first kappa shape index (κ1) is 7.62. The lowest BCUT2D eigenvalue weighted by Crippen LogP contribution is -1.99. The van der Waals surface area contributed by atoms with Gasteiger partial charge in [-0.25, -0.2) is 4.98 Å². The van der Waals surface area contributed by atoms with E-state index in [0.29, 0.717) is 17.2 Å². The molecular weight excluding hydrogens is 164 g/mol. The number of rotatable bonds is 0. The molecule has 2 N–H and O–H groups in total. The number of anilines is 1. The van der Waals surface area contributed by atoms with E-state index < -0.39 is 0 Å². The molecule has 0 fully saturated rings. The molecule has 0 spiro atoms. The van der Waals surface area contributed by atoms with E-state index in [1.165, 1.54) is 0 Å². The first-order chi connectivity index (χ1) is 6.24. The Balaban J connectivity index is 2.99. The third kappa shape index (κ3) is 0.942. The van der Waals surface area contributed by atoms with Crippen LogP contribution in [0.25, 0.3) is 5.65 Å². The summed E-state index contributed by atoms with van der Waals surface area (Å²) in [6.07, 6.45) is 1.55. The van der Waals surface area contributed by atoms with Gasteiger partial charge in [0.1, 0.15) is 23.2 Å². The van der Waals surface area contributed by atoms with Crippen LogP contribution in [0.5, 0.6) is 0 Å². The minimum atomic E-state index is 0.496. The lowest BCUT2D eigenvalue weighted by atomic mass is 10.2. The molecule has 64 valence electrons. The molecule has 0 unspecified atom stereocenters. The average molecular weight is 172 g/mol. The van der Waals surface area contributed by atoms with Crippen molar-refractivity contribution in [2.75, 3.05) is 5.73 Å². The van der Waals surface area contributed by atoms with Crippen molar-refractivity contribution in [1.82, 2.24) is 9.38 Å². The predicted molar refractivity (Wildman–Crippen MR) is 49.1 cm³/mol. The van der Waals surface area contributed by atoms with Crippen molar-refractivity contribution in [3.05, 3.63) is 29.6 Å². The number of nitrogens with zero attached hydrogens (tertiary/aromatic N) is 3. The number of aryl methyl sites for hydroxylation is 1. The van der Waals surface area contributed by atoms with Gasteiger partial charge in [0.25, 0.3) is 0 Å². The van der Waals surface area contributed by atoms with Crippen LogP contribution in [0.15, 0.2) is 18.3 Å². The molecule has 0 bridgehead atoms. The van der Waals surface area contributed by atoms with E-state index in [2.05, 4.69) is 11.1 Å². The third-order valence-electron chi connectivity index (χ3n) is 2.00. The number of hydrogen-bond donors (Lipinski definition) is 1. The molecule has 0 saturated heterocycles. The summed E-state index contributed by atoms with van der Waals surface area (Å²) in [4.78, 5) is 4.05. The van der Waals surface area contributed by atoms with Gasteiger partial charge in [-0.1, -0.05) is 6.07 Å². The van der Waals surface area contributed by atoms with Gasteiger partial charge in [0, 0.05) is 0 Å². The molecule has 4 heteroatoms. The van der Waals surface area contributed by atoms with Crippen LogP contribution in [0.3, 0.4) is 0 Å². The molecule has 0 aliphatic rings. The Kier molecular flexibility index (Phi) is 1.46. The van der Waals surface area contributed by atoms with Gasteiger partial charge in [-0.05, 0) is 18.6 Å². The van der Waals surface area contributed by atoms with Gasteiger partial charge in [-0.15, -0.1) is 0 Å².